The Morgan fingerprint density at radius 1 is 1.32 bits per heavy atom. The Labute approximate surface area is 171 Å². The van der Waals surface area contributed by atoms with E-state index < -0.39 is 10.0 Å². The van der Waals surface area contributed by atoms with Crippen LogP contribution in [0.25, 0.3) is 0 Å². The standard InChI is InChI=1S/C18H27N5O3S2/c1-14(21-22-18(27)20-13-16-3-2-12-26-16)15-4-6-17(7-5-15)28(24,25)23-10-8-19-9-11-23/h4-7,16,19H,2-3,8-13H2,1H3,(H2,20,22,27)/b21-14-/t16-/m1/s1. The summed E-state index contributed by atoms with van der Waals surface area (Å²) in [5.41, 5.74) is 4.36. The molecule has 28 heavy (non-hydrogen) atoms. The highest BCUT2D eigenvalue weighted by Gasteiger charge is 2.25. The Bertz CT molecular complexity index is 799. The molecule has 0 saturated carbocycles. The maximum absolute atomic E-state index is 12.7. The van der Waals surface area contributed by atoms with Gasteiger partial charge in [0.2, 0.25) is 10.0 Å². The van der Waals surface area contributed by atoms with E-state index in [-0.39, 0.29) is 6.10 Å². The van der Waals surface area contributed by atoms with Crippen LogP contribution in [0.5, 0.6) is 0 Å². The van der Waals surface area contributed by atoms with Crippen molar-refractivity contribution in [1.29, 1.82) is 0 Å². The highest BCUT2D eigenvalue weighted by atomic mass is 32.2. The molecule has 1 aromatic rings. The number of thiocarbonyl (C=S) groups is 1. The normalized spacial score (nSPS) is 21.5. The Hall–Kier alpha value is -1.59. The topological polar surface area (TPSA) is 95.1 Å². The summed E-state index contributed by atoms with van der Waals surface area (Å²) in [6.45, 7) is 5.65. The largest absolute Gasteiger partial charge is 0.376 e. The van der Waals surface area contributed by atoms with Crippen molar-refractivity contribution in [3.63, 3.8) is 0 Å². The van der Waals surface area contributed by atoms with Crippen molar-refractivity contribution in [1.82, 2.24) is 20.4 Å². The molecule has 0 radical (unpaired) electrons. The molecule has 2 aliphatic heterocycles. The molecule has 0 bridgehead atoms. The third kappa shape index (κ3) is 5.48. The molecule has 8 nitrogen and oxygen atoms in total. The van der Waals surface area contributed by atoms with Crippen LogP contribution in [-0.4, -0.2) is 69.0 Å². The molecule has 3 N–H and O–H groups in total. The first-order valence-corrected chi connectivity index (χ1v) is 11.3. The lowest BCUT2D eigenvalue weighted by molar-refractivity contribution is 0.114. The Morgan fingerprint density at radius 3 is 2.68 bits per heavy atom. The number of piperazine rings is 1. The number of ether oxygens (including phenoxy) is 1. The molecule has 3 rings (SSSR count). The zero-order chi connectivity index (χ0) is 20.0. The summed E-state index contributed by atoms with van der Waals surface area (Å²) in [6, 6.07) is 6.77. The van der Waals surface area contributed by atoms with Gasteiger partial charge in [-0.25, -0.2) is 8.42 Å². The van der Waals surface area contributed by atoms with Crippen LogP contribution in [-0.2, 0) is 14.8 Å². The van der Waals surface area contributed by atoms with Crippen molar-refractivity contribution in [3.05, 3.63) is 29.8 Å². The number of benzene rings is 1. The molecular weight excluding hydrogens is 398 g/mol. The highest BCUT2D eigenvalue weighted by molar-refractivity contribution is 7.89. The van der Waals surface area contributed by atoms with Gasteiger partial charge in [-0.2, -0.15) is 9.41 Å². The number of hydrogen-bond donors (Lipinski definition) is 3. The summed E-state index contributed by atoms with van der Waals surface area (Å²) in [5.74, 6) is 0. The summed E-state index contributed by atoms with van der Waals surface area (Å²) >= 11 is 5.22. The Balaban J connectivity index is 1.55. The minimum absolute atomic E-state index is 0.204. The average molecular weight is 426 g/mol. The SMILES string of the molecule is C/C(=N/NC(=S)NC[C@H]1CCCO1)c1ccc(S(=O)(=O)N2CCNCC2)cc1. The van der Waals surface area contributed by atoms with Crippen LogP contribution in [0.4, 0.5) is 0 Å². The zero-order valence-electron chi connectivity index (χ0n) is 16.0. The summed E-state index contributed by atoms with van der Waals surface area (Å²) in [6.07, 6.45) is 2.33. The monoisotopic (exact) mass is 425 g/mol. The van der Waals surface area contributed by atoms with Gasteiger partial charge in [0, 0.05) is 39.3 Å². The highest BCUT2D eigenvalue weighted by Crippen LogP contribution is 2.17. The van der Waals surface area contributed by atoms with Gasteiger partial charge < -0.3 is 15.4 Å². The van der Waals surface area contributed by atoms with Crippen molar-refractivity contribution in [2.24, 2.45) is 5.10 Å². The number of nitrogens with zero attached hydrogens (tertiary/aromatic N) is 2. The molecule has 0 unspecified atom stereocenters. The van der Waals surface area contributed by atoms with Crippen LogP contribution < -0.4 is 16.1 Å². The molecule has 0 aliphatic carbocycles. The maximum Gasteiger partial charge on any atom is 0.243 e. The minimum Gasteiger partial charge on any atom is -0.376 e. The van der Waals surface area contributed by atoms with Crippen molar-refractivity contribution in [2.75, 3.05) is 39.3 Å². The molecule has 1 aromatic carbocycles. The lowest BCUT2D eigenvalue weighted by atomic mass is 10.1. The van der Waals surface area contributed by atoms with Crippen molar-refractivity contribution in [3.8, 4) is 0 Å². The second-order valence-corrected chi connectivity index (χ2v) is 9.18. The third-order valence-electron chi connectivity index (χ3n) is 4.83. The number of nitrogens with one attached hydrogen (secondary N) is 3. The van der Waals surface area contributed by atoms with Crippen molar-refractivity contribution < 1.29 is 13.2 Å². The number of hydrogen-bond acceptors (Lipinski definition) is 6. The summed E-state index contributed by atoms with van der Waals surface area (Å²) < 4.78 is 32.4. The quantitative estimate of drug-likeness (QED) is 0.350. The molecule has 1 atom stereocenters. The first-order valence-electron chi connectivity index (χ1n) is 9.48. The van der Waals surface area contributed by atoms with Gasteiger partial charge in [-0.1, -0.05) is 12.1 Å². The zero-order valence-corrected chi connectivity index (χ0v) is 17.6. The van der Waals surface area contributed by atoms with Crippen LogP contribution in [0.2, 0.25) is 0 Å². The van der Waals surface area contributed by atoms with E-state index >= 15 is 0 Å². The molecule has 10 heteroatoms. The van der Waals surface area contributed by atoms with Gasteiger partial charge in [-0.15, -0.1) is 0 Å². The number of rotatable bonds is 6. The van der Waals surface area contributed by atoms with E-state index in [0.29, 0.717) is 48.4 Å². The predicted molar refractivity (Wildman–Crippen MR) is 113 cm³/mol. The van der Waals surface area contributed by atoms with Crippen LogP contribution in [0, 0.1) is 0 Å². The van der Waals surface area contributed by atoms with Crippen LogP contribution in [0.3, 0.4) is 0 Å². The fraction of sp³-hybridized carbons (Fsp3) is 0.556. The summed E-state index contributed by atoms with van der Waals surface area (Å²) in [4.78, 5) is 0.299. The smallest absolute Gasteiger partial charge is 0.243 e. The Kier molecular flexibility index (Phi) is 7.36. The maximum atomic E-state index is 12.7. The number of hydrazone groups is 1. The molecular formula is C18H27N5O3S2. The minimum atomic E-state index is -3.45. The molecule has 2 heterocycles. The van der Waals surface area contributed by atoms with E-state index in [1.807, 2.05) is 6.92 Å². The second-order valence-electron chi connectivity index (χ2n) is 6.83. The fourth-order valence-corrected chi connectivity index (χ4v) is 4.72. The molecule has 2 fully saturated rings. The van der Waals surface area contributed by atoms with Crippen LogP contribution in [0.1, 0.15) is 25.3 Å². The van der Waals surface area contributed by atoms with Crippen molar-refractivity contribution in [2.45, 2.75) is 30.8 Å². The van der Waals surface area contributed by atoms with Gasteiger partial charge in [0.25, 0.3) is 0 Å². The molecule has 0 spiro atoms. The first kappa shape index (κ1) is 21.1. The van der Waals surface area contributed by atoms with Gasteiger partial charge in [-0.3, -0.25) is 5.43 Å². The molecule has 2 aliphatic rings. The summed E-state index contributed by atoms with van der Waals surface area (Å²) in [5, 5.41) is 11.0. The summed E-state index contributed by atoms with van der Waals surface area (Å²) in [7, 11) is -3.45. The van der Waals surface area contributed by atoms with E-state index in [2.05, 4.69) is 21.2 Å². The fourth-order valence-electron chi connectivity index (χ4n) is 3.15. The van der Waals surface area contributed by atoms with Gasteiger partial charge in [0.05, 0.1) is 16.7 Å². The Morgan fingerprint density at radius 2 is 2.04 bits per heavy atom. The van der Waals surface area contributed by atoms with E-state index in [0.717, 1.165) is 25.0 Å². The molecule has 154 valence electrons. The molecule has 2 saturated heterocycles. The predicted octanol–water partition coefficient (Wildman–Crippen LogP) is 0.648. The van der Waals surface area contributed by atoms with Crippen LogP contribution >= 0.6 is 12.2 Å². The van der Waals surface area contributed by atoms with Gasteiger partial charge >= 0.3 is 0 Å². The van der Waals surface area contributed by atoms with Crippen molar-refractivity contribution >= 4 is 33.1 Å². The lowest BCUT2D eigenvalue weighted by Crippen LogP contribution is -2.46. The first-order chi connectivity index (χ1) is 13.5. The van der Waals surface area contributed by atoms with E-state index in [1.165, 1.54) is 4.31 Å². The van der Waals surface area contributed by atoms with Gasteiger partial charge in [0.1, 0.15) is 0 Å². The lowest BCUT2D eigenvalue weighted by Gasteiger charge is -2.26. The van der Waals surface area contributed by atoms with Crippen LogP contribution in [0.15, 0.2) is 34.3 Å². The molecule has 0 amide bonds. The second kappa shape index (κ2) is 9.75. The van der Waals surface area contributed by atoms with E-state index in [1.54, 1.807) is 24.3 Å². The van der Waals surface area contributed by atoms with E-state index in [4.69, 9.17) is 17.0 Å². The van der Waals surface area contributed by atoms with Gasteiger partial charge in [-0.05, 0) is 49.7 Å². The third-order valence-corrected chi connectivity index (χ3v) is 6.97. The van der Waals surface area contributed by atoms with Gasteiger partial charge in [0.15, 0.2) is 5.11 Å². The number of sulfonamides is 1. The average Bonchev–Trinajstić information content (AvgIpc) is 3.25. The molecule has 0 aromatic heterocycles. The van der Waals surface area contributed by atoms with E-state index in [9.17, 15) is 8.42 Å².